The number of nitrogens with one attached hydrogen (secondary N) is 1. The van der Waals surface area contributed by atoms with E-state index in [4.69, 9.17) is 9.47 Å². The van der Waals surface area contributed by atoms with Crippen molar-refractivity contribution < 1.29 is 18.7 Å². The highest BCUT2D eigenvalue weighted by molar-refractivity contribution is 5.93. The molecule has 33 heavy (non-hydrogen) atoms. The molecule has 9 nitrogen and oxygen atoms in total. The third-order valence-electron chi connectivity index (χ3n) is 5.71. The molecule has 4 aromatic rings. The normalized spacial score (nSPS) is 13.1. The molecule has 0 radical (unpaired) electrons. The van der Waals surface area contributed by atoms with Crippen molar-refractivity contribution >= 4 is 11.6 Å². The monoisotopic (exact) mass is 449 g/mol. The van der Waals surface area contributed by atoms with Crippen LogP contribution in [-0.4, -0.2) is 51.2 Å². The number of aromatic nitrogens is 4. The molecule has 0 fully saturated rings. The second-order valence-corrected chi connectivity index (χ2v) is 7.63. The van der Waals surface area contributed by atoms with Gasteiger partial charge in [-0.05, 0) is 36.4 Å². The molecule has 168 valence electrons. The quantitative estimate of drug-likeness (QED) is 0.514. The number of nitrogens with zero attached hydrogens (tertiary/aromatic N) is 4. The number of hydrogen-bond donors (Lipinski definition) is 1. The number of carbonyl (C=O) groups excluding carboxylic acids is 1. The maximum Gasteiger partial charge on any atom is 0.272 e. The Labute approximate surface area is 187 Å². The summed E-state index contributed by atoms with van der Waals surface area (Å²) in [6.07, 6.45) is 1.53. The van der Waals surface area contributed by atoms with Crippen molar-refractivity contribution in [2.75, 3.05) is 20.8 Å². The first-order valence-electron chi connectivity index (χ1n) is 10.2. The van der Waals surface area contributed by atoms with Crippen LogP contribution in [0, 0.1) is 5.82 Å². The zero-order valence-electron chi connectivity index (χ0n) is 18.0. The molecule has 4 heterocycles. The number of ether oxygens (including phenoxy) is 2. The van der Waals surface area contributed by atoms with Gasteiger partial charge in [-0.1, -0.05) is 0 Å². The van der Waals surface area contributed by atoms with Crippen LogP contribution in [-0.2, 0) is 13.0 Å². The van der Waals surface area contributed by atoms with Crippen molar-refractivity contribution in [1.82, 2.24) is 24.5 Å². The summed E-state index contributed by atoms with van der Waals surface area (Å²) in [5.41, 5.74) is 2.48. The Kier molecular flexibility index (Phi) is 5.04. The molecule has 0 atom stereocenters. The molecule has 1 aromatic carbocycles. The maximum atomic E-state index is 13.6. The largest absolute Gasteiger partial charge is 0.497 e. The fraction of sp³-hybridized carbons (Fsp3) is 0.217. The van der Waals surface area contributed by atoms with Crippen LogP contribution in [0.1, 0.15) is 21.7 Å². The standard InChI is InChI=1S/C23H20FN5O4/c1-32-14-4-5-20(33-2)15(9-14)18-10-19(27-26-18)23(31)28-8-7-17-16(12-28)22(30)29-11-13(24)3-6-21(29)25-17/h3-6,9-11H,7-8,12H2,1-2H3,(H,26,27). The van der Waals surface area contributed by atoms with Gasteiger partial charge in [0.2, 0.25) is 0 Å². The average Bonchev–Trinajstić information content (AvgIpc) is 3.34. The minimum absolute atomic E-state index is 0.0797. The maximum absolute atomic E-state index is 13.6. The smallest absolute Gasteiger partial charge is 0.272 e. The highest BCUT2D eigenvalue weighted by Gasteiger charge is 2.27. The van der Waals surface area contributed by atoms with Crippen molar-refractivity contribution in [2.24, 2.45) is 0 Å². The Hall–Kier alpha value is -4.21. The molecule has 0 saturated carbocycles. The lowest BCUT2D eigenvalue weighted by Gasteiger charge is -2.27. The van der Waals surface area contributed by atoms with Gasteiger partial charge >= 0.3 is 0 Å². The molecule has 1 aliphatic heterocycles. The van der Waals surface area contributed by atoms with Crippen LogP contribution in [0.5, 0.6) is 11.5 Å². The number of benzene rings is 1. The lowest BCUT2D eigenvalue weighted by atomic mass is 10.1. The van der Waals surface area contributed by atoms with E-state index < -0.39 is 5.82 Å². The molecule has 1 amide bonds. The molecule has 10 heteroatoms. The van der Waals surface area contributed by atoms with Crippen LogP contribution >= 0.6 is 0 Å². The molecule has 1 N–H and O–H groups in total. The lowest BCUT2D eigenvalue weighted by molar-refractivity contribution is 0.0726. The van der Waals surface area contributed by atoms with Gasteiger partial charge in [-0.25, -0.2) is 9.37 Å². The Morgan fingerprint density at radius 2 is 2.00 bits per heavy atom. The molecular formula is C23H20FN5O4. The first-order chi connectivity index (χ1) is 16.0. The zero-order valence-corrected chi connectivity index (χ0v) is 18.0. The number of pyridine rings is 1. The average molecular weight is 449 g/mol. The minimum Gasteiger partial charge on any atom is -0.497 e. The molecule has 1 aliphatic rings. The van der Waals surface area contributed by atoms with E-state index in [9.17, 15) is 14.0 Å². The highest BCUT2D eigenvalue weighted by Crippen LogP contribution is 2.32. The number of amides is 1. The van der Waals surface area contributed by atoms with E-state index in [1.807, 2.05) is 0 Å². The van der Waals surface area contributed by atoms with Gasteiger partial charge in [0.1, 0.15) is 28.7 Å². The van der Waals surface area contributed by atoms with Crippen LogP contribution in [0.15, 0.2) is 47.4 Å². The van der Waals surface area contributed by atoms with Crippen LogP contribution in [0.3, 0.4) is 0 Å². The van der Waals surface area contributed by atoms with E-state index in [0.29, 0.717) is 52.6 Å². The van der Waals surface area contributed by atoms with Crippen molar-refractivity contribution in [3.05, 3.63) is 75.7 Å². The summed E-state index contributed by atoms with van der Waals surface area (Å²) in [5, 5.41) is 7.05. The van der Waals surface area contributed by atoms with E-state index in [-0.39, 0.29) is 23.7 Å². The molecule has 5 rings (SSSR count). The molecular weight excluding hydrogens is 429 g/mol. The number of halogens is 1. The van der Waals surface area contributed by atoms with Crippen LogP contribution < -0.4 is 15.0 Å². The van der Waals surface area contributed by atoms with Crippen LogP contribution in [0.2, 0.25) is 0 Å². The number of carbonyl (C=O) groups is 1. The minimum atomic E-state index is -0.534. The van der Waals surface area contributed by atoms with Crippen molar-refractivity contribution in [2.45, 2.75) is 13.0 Å². The van der Waals surface area contributed by atoms with Gasteiger partial charge in [0.05, 0.1) is 37.7 Å². The number of methoxy groups -OCH3 is 2. The number of H-pyrrole nitrogens is 1. The van der Waals surface area contributed by atoms with Gasteiger partial charge in [0.15, 0.2) is 0 Å². The van der Waals surface area contributed by atoms with E-state index in [2.05, 4.69) is 15.2 Å². The molecule has 0 bridgehead atoms. The Bertz CT molecular complexity index is 1440. The van der Waals surface area contributed by atoms with E-state index >= 15 is 0 Å². The van der Waals surface area contributed by atoms with E-state index in [0.717, 1.165) is 6.20 Å². The van der Waals surface area contributed by atoms with Crippen LogP contribution in [0.25, 0.3) is 16.9 Å². The molecule has 0 unspecified atom stereocenters. The Morgan fingerprint density at radius 3 is 2.79 bits per heavy atom. The van der Waals surface area contributed by atoms with Crippen molar-refractivity contribution in [1.29, 1.82) is 0 Å². The van der Waals surface area contributed by atoms with Gasteiger partial charge in [-0.15, -0.1) is 0 Å². The third-order valence-corrected chi connectivity index (χ3v) is 5.71. The van der Waals surface area contributed by atoms with E-state index in [1.54, 1.807) is 43.4 Å². The van der Waals surface area contributed by atoms with Crippen molar-refractivity contribution in [3.63, 3.8) is 0 Å². The number of aromatic amines is 1. The second-order valence-electron chi connectivity index (χ2n) is 7.63. The fourth-order valence-corrected chi connectivity index (χ4v) is 4.00. The fourth-order valence-electron chi connectivity index (χ4n) is 4.00. The molecule has 3 aromatic heterocycles. The van der Waals surface area contributed by atoms with Crippen molar-refractivity contribution in [3.8, 4) is 22.8 Å². The number of rotatable bonds is 4. The zero-order chi connectivity index (χ0) is 23.1. The second kappa shape index (κ2) is 8.05. The summed E-state index contributed by atoms with van der Waals surface area (Å²) < 4.78 is 25.5. The van der Waals surface area contributed by atoms with Gasteiger partial charge in [0, 0.05) is 24.7 Å². The summed E-state index contributed by atoms with van der Waals surface area (Å²) in [5.74, 6) is 0.385. The molecule has 0 spiro atoms. The summed E-state index contributed by atoms with van der Waals surface area (Å²) in [6.45, 7) is 0.475. The topological polar surface area (TPSA) is 102 Å². The van der Waals surface area contributed by atoms with Gasteiger partial charge in [-0.2, -0.15) is 5.10 Å². The SMILES string of the molecule is COc1ccc(OC)c(-c2cc(C(=O)N3CCc4nc5ccc(F)cn5c(=O)c4C3)[nH]n2)c1. The van der Waals surface area contributed by atoms with Crippen LogP contribution in [0.4, 0.5) is 4.39 Å². The first-order valence-corrected chi connectivity index (χ1v) is 10.2. The Morgan fingerprint density at radius 1 is 1.15 bits per heavy atom. The summed E-state index contributed by atoms with van der Waals surface area (Å²) in [7, 11) is 3.12. The summed E-state index contributed by atoms with van der Waals surface area (Å²) in [6, 6.07) is 9.68. The molecule has 0 aliphatic carbocycles. The summed E-state index contributed by atoms with van der Waals surface area (Å²) >= 11 is 0. The van der Waals surface area contributed by atoms with Gasteiger partial charge in [0.25, 0.3) is 11.5 Å². The third kappa shape index (κ3) is 3.59. The predicted molar refractivity (Wildman–Crippen MR) is 117 cm³/mol. The number of fused-ring (bicyclic) bond motifs is 2. The van der Waals surface area contributed by atoms with E-state index in [1.165, 1.54) is 16.5 Å². The predicted octanol–water partition coefficient (Wildman–Crippen LogP) is 2.44. The Balaban J connectivity index is 1.45. The molecule has 0 saturated heterocycles. The highest BCUT2D eigenvalue weighted by atomic mass is 19.1. The van der Waals surface area contributed by atoms with Gasteiger partial charge < -0.3 is 14.4 Å². The lowest BCUT2D eigenvalue weighted by Crippen LogP contribution is -2.40. The van der Waals surface area contributed by atoms with Gasteiger partial charge in [-0.3, -0.25) is 19.1 Å². The number of hydrogen-bond acceptors (Lipinski definition) is 6. The summed E-state index contributed by atoms with van der Waals surface area (Å²) in [4.78, 5) is 32.1. The first kappa shape index (κ1) is 20.7.